The zero-order chi connectivity index (χ0) is 12.7. The minimum absolute atomic E-state index is 0.303. The van der Waals surface area contributed by atoms with Crippen LogP contribution >= 0.6 is 0 Å². The molecule has 3 heteroatoms. The van der Waals surface area contributed by atoms with E-state index in [1.165, 1.54) is 5.56 Å². The molecular weight excluding hydrogens is 224 g/mol. The van der Waals surface area contributed by atoms with Gasteiger partial charge in [-0.2, -0.15) is 0 Å². The molecule has 0 aliphatic carbocycles. The zero-order valence-electron chi connectivity index (χ0n) is 10.4. The minimum atomic E-state index is 0.303. The lowest BCUT2D eigenvalue weighted by molar-refractivity contribution is 0.476. The summed E-state index contributed by atoms with van der Waals surface area (Å²) in [5, 5.41) is 10.7. The van der Waals surface area contributed by atoms with Gasteiger partial charge in [-0.1, -0.05) is 0 Å². The Morgan fingerprint density at radius 3 is 2.56 bits per heavy atom. The van der Waals surface area contributed by atoms with Gasteiger partial charge in [-0.15, -0.1) is 0 Å². The molecule has 0 unspecified atom stereocenters. The summed E-state index contributed by atoms with van der Waals surface area (Å²) in [6, 6.07) is 9.48. The van der Waals surface area contributed by atoms with Crippen LogP contribution in [-0.2, 0) is 7.05 Å². The maximum atomic E-state index is 9.61. The van der Waals surface area contributed by atoms with Crippen molar-refractivity contribution < 1.29 is 5.11 Å². The standard InChI is InChI=1S/C15H14N2O/c1-10-13-9-12(18)3-4-14(13)17(2)15(10)11-5-7-16-8-6-11/h3-9,18H,1-2H3. The van der Waals surface area contributed by atoms with E-state index >= 15 is 0 Å². The first-order valence-corrected chi connectivity index (χ1v) is 5.87. The summed E-state index contributed by atoms with van der Waals surface area (Å²) in [5.74, 6) is 0.303. The first kappa shape index (κ1) is 10.8. The van der Waals surface area contributed by atoms with E-state index in [-0.39, 0.29) is 0 Å². The molecule has 0 fully saturated rings. The van der Waals surface area contributed by atoms with Gasteiger partial charge in [-0.25, -0.2) is 0 Å². The predicted molar refractivity (Wildman–Crippen MR) is 72.6 cm³/mol. The van der Waals surface area contributed by atoms with Crippen LogP contribution in [-0.4, -0.2) is 14.7 Å². The van der Waals surface area contributed by atoms with E-state index in [9.17, 15) is 5.11 Å². The van der Waals surface area contributed by atoms with Gasteiger partial charge in [0.15, 0.2) is 0 Å². The lowest BCUT2D eigenvalue weighted by Crippen LogP contribution is -1.92. The molecule has 0 saturated heterocycles. The predicted octanol–water partition coefficient (Wildman–Crippen LogP) is 3.25. The molecule has 1 N–H and O–H groups in total. The normalized spacial score (nSPS) is 11.0. The molecule has 0 amide bonds. The molecule has 0 aliphatic heterocycles. The molecule has 3 aromatic rings. The first-order chi connectivity index (χ1) is 8.68. The van der Waals surface area contributed by atoms with Crippen molar-refractivity contribution in [3.05, 3.63) is 48.3 Å². The van der Waals surface area contributed by atoms with E-state index < -0.39 is 0 Å². The molecular formula is C15H14N2O. The van der Waals surface area contributed by atoms with E-state index in [0.717, 1.165) is 22.2 Å². The summed E-state index contributed by atoms with van der Waals surface area (Å²) in [4.78, 5) is 4.05. The number of phenolic OH excluding ortho intramolecular Hbond substituents is 1. The van der Waals surface area contributed by atoms with Crippen LogP contribution < -0.4 is 0 Å². The molecule has 0 saturated carbocycles. The van der Waals surface area contributed by atoms with Gasteiger partial charge >= 0.3 is 0 Å². The molecule has 0 atom stereocenters. The van der Waals surface area contributed by atoms with Crippen LogP contribution in [0, 0.1) is 6.92 Å². The van der Waals surface area contributed by atoms with E-state index in [1.54, 1.807) is 18.5 Å². The molecule has 1 aromatic carbocycles. The lowest BCUT2D eigenvalue weighted by Gasteiger charge is -2.05. The highest BCUT2D eigenvalue weighted by molar-refractivity contribution is 5.92. The van der Waals surface area contributed by atoms with Gasteiger partial charge in [0.05, 0.1) is 5.69 Å². The maximum absolute atomic E-state index is 9.61. The van der Waals surface area contributed by atoms with E-state index in [4.69, 9.17) is 0 Å². The van der Waals surface area contributed by atoms with Crippen molar-refractivity contribution in [2.24, 2.45) is 7.05 Å². The van der Waals surface area contributed by atoms with E-state index in [0.29, 0.717) is 5.75 Å². The van der Waals surface area contributed by atoms with E-state index in [1.807, 2.05) is 31.3 Å². The summed E-state index contributed by atoms with van der Waals surface area (Å²) >= 11 is 0. The van der Waals surface area contributed by atoms with Gasteiger partial charge in [0.2, 0.25) is 0 Å². The molecule has 3 rings (SSSR count). The van der Waals surface area contributed by atoms with Crippen molar-refractivity contribution in [2.75, 3.05) is 0 Å². The highest BCUT2D eigenvalue weighted by atomic mass is 16.3. The SMILES string of the molecule is Cc1c(-c2ccncc2)n(C)c2ccc(O)cc12. The van der Waals surface area contributed by atoms with Crippen LogP contribution in [0.2, 0.25) is 0 Å². The molecule has 18 heavy (non-hydrogen) atoms. The van der Waals surface area contributed by atoms with Gasteiger partial charge in [0.1, 0.15) is 5.75 Å². The summed E-state index contributed by atoms with van der Waals surface area (Å²) in [6.07, 6.45) is 3.59. The van der Waals surface area contributed by atoms with Gasteiger partial charge in [0.25, 0.3) is 0 Å². The van der Waals surface area contributed by atoms with Crippen molar-refractivity contribution in [3.8, 4) is 17.0 Å². The summed E-state index contributed by atoms with van der Waals surface area (Å²) in [7, 11) is 2.04. The number of phenols is 1. The number of hydrogen-bond donors (Lipinski definition) is 1. The Hall–Kier alpha value is -2.29. The fourth-order valence-electron chi connectivity index (χ4n) is 2.54. The highest BCUT2D eigenvalue weighted by Gasteiger charge is 2.13. The van der Waals surface area contributed by atoms with Gasteiger partial charge < -0.3 is 9.67 Å². The number of fused-ring (bicyclic) bond motifs is 1. The second-order valence-corrected chi connectivity index (χ2v) is 4.47. The molecule has 0 aliphatic rings. The Bertz CT molecular complexity index is 714. The zero-order valence-corrected chi connectivity index (χ0v) is 10.4. The van der Waals surface area contributed by atoms with E-state index in [2.05, 4.69) is 16.5 Å². The Morgan fingerprint density at radius 1 is 1.11 bits per heavy atom. The number of benzene rings is 1. The Balaban J connectivity index is 2.37. The van der Waals surface area contributed by atoms with Crippen molar-refractivity contribution in [2.45, 2.75) is 6.92 Å². The summed E-state index contributed by atoms with van der Waals surface area (Å²) in [5.41, 5.74) is 4.60. The topological polar surface area (TPSA) is 38.0 Å². The number of nitrogens with zero attached hydrogens (tertiary/aromatic N) is 2. The quantitative estimate of drug-likeness (QED) is 0.706. The third-order valence-electron chi connectivity index (χ3n) is 3.39. The van der Waals surface area contributed by atoms with Crippen LogP contribution in [0.1, 0.15) is 5.56 Å². The largest absolute Gasteiger partial charge is 0.508 e. The number of aryl methyl sites for hydroxylation is 2. The molecule has 3 nitrogen and oxygen atoms in total. The molecule has 90 valence electrons. The fraction of sp³-hybridized carbons (Fsp3) is 0.133. The van der Waals surface area contributed by atoms with Crippen LogP contribution in [0.3, 0.4) is 0 Å². The monoisotopic (exact) mass is 238 g/mol. The van der Waals surface area contributed by atoms with Crippen molar-refractivity contribution >= 4 is 10.9 Å². The van der Waals surface area contributed by atoms with Crippen LogP contribution in [0.4, 0.5) is 0 Å². The number of pyridine rings is 1. The van der Waals surface area contributed by atoms with Crippen molar-refractivity contribution in [1.29, 1.82) is 0 Å². The third kappa shape index (κ3) is 1.48. The molecule has 0 radical (unpaired) electrons. The first-order valence-electron chi connectivity index (χ1n) is 5.87. The minimum Gasteiger partial charge on any atom is -0.508 e. The van der Waals surface area contributed by atoms with Gasteiger partial charge in [-0.05, 0) is 42.8 Å². The smallest absolute Gasteiger partial charge is 0.116 e. The fourth-order valence-corrected chi connectivity index (χ4v) is 2.54. The third-order valence-corrected chi connectivity index (χ3v) is 3.39. The molecule has 2 aromatic heterocycles. The second-order valence-electron chi connectivity index (χ2n) is 4.47. The lowest BCUT2D eigenvalue weighted by atomic mass is 10.1. The average molecular weight is 238 g/mol. The molecule has 0 spiro atoms. The molecule has 2 heterocycles. The summed E-state index contributed by atoms with van der Waals surface area (Å²) < 4.78 is 2.15. The van der Waals surface area contributed by atoms with Gasteiger partial charge in [0, 0.05) is 35.9 Å². The number of aromatic hydroxyl groups is 1. The second kappa shape index (κ2) is 3.88. The Kier molecular flexibility index (Phi) is 2.33. The Labute approximate surface area is 105 Å². The highest BCUT2D eigenvalue weighted by Crippen LogP contribution is 2.33. The van der Waals surface area contributed by atoms with Crippen molar-refractivity contribution in [1.82, 2.24) is 9.55 Å². The number of aromatic nitrogens is 2. The van der Waals surface area contributed by atoms with Crippen LogP contribution in [0.25, 0.3) is 22.2 Å². The summed E-state index contributed by atoms with van der Waals surface area (Å²) in [6.45, 7) is 2.08. The average Bonchev–Trinajstić information content (AvgIpc) is 2.63. The molecule has 0 bridgehead atoms. The Morgan fingerprint density at radius 2 is 1.83 bits per heavy atom. The number of hydrogen-bond acceptors (Lipinski definition) is 2. The maximum Gasteiger partial charge on any atom is 0.116 e. The van der Waals surface area contributed by atoms with Crippen LogP contribution in [0.15, 0.2) is 42.7 Å². The van der Waals surface area contributed by atoms with Crippen molar-refractivity contribution in [3.63, 3.8) is 0 Å². The number of rotatable bonds is 1. The van der Waals surface area contributed by atoms with Crippen LogP contribution in [0.5, 0.6) is 5.75 Å². The van der Waals surface area contributed by atoms with Gasteiger partial charge in [-0.3, -0.25) is 4.98 Å².